The number of hydrogen-bond acceptors (Lipinski definition) is 2. The maximum Gasteiger partial charge on any atom is 0.270 e. The molecule has 82 valence electrons. The lowest BCUT2D eigenvalue weighted by molar-refractivity contribution is 0.00527. The highest BCUT2D eigenvalue weighted by Gasteiger charge is 2.31. The van der Waals surface area contributed by atoms with Crippen LogP contribution in [0.25, 0.3) is 0 Å². The molecule has 0 aliphatic carbocycles. The number of rotatable bonds is 1. The standard InChI is InChI=1S/C9H10Cl2N2O2/c1-12-7(2-6(10)8(12)11)9(15)13-3-5(14)4-13/h2,5,14H,3-4H2,1H3. The van der Waals surface area contributed by atoms with Crippen LogP contribution in [-0.4, -0.2) is 39.7 Å². The summed E-state index contributed by atoms with van der Waals surface area (Å²) in [5.41, 5.74) is 0.442. The second-order valence-electron chi connectivity index (χ2n) is 3.59. The molecule has 0 bridgehead atoms. The van der Waals surface area contributed by atoms with Crippen LogP contribution in [-0.2, 0) is 7.05 Å². The van der Waals surface area contributed by atoms with Gasteiger partial charge in [0.15, 0.2) is 0 Å². The highest BCUT2D eigenvalue weighted by molar-refractivity contribution is 6.41. The number of carbonyl (C=O) groups is 1. The fraction of sp³-hybridized carbons (Fsp3) is 0.444. The Labute approximate surface area is 97.0 Å². The molecule has 2 rings (SSSR count). The van der Waals surface area contributed by atoms with E-state index in [-0.39, 0.29) is 5.91 Å². The van der Waals surface area contributed by atoms with Crippen molar-refractivity contribution in [2.45, 2.75) is 6.10 Å². The first kappa shape index (κ1) is 10.8. The fourth-order valence-corrected chi connectivity index (χ4v) is 1.91. The molecule has 0 aromatic carbocycles. The third kappa shape index (κ3) is 1.73. The summed E-state index contributed by atoms with van der Waals surface area (Å²) in [6.45, 7) is 0.749. The van der Waals surface area contributed by atoms with Crippen molar-refractivity contribution in [3.8, 4) is 0 Å². The second-order valence-corrected chi connectivity index (χ2v) is 4.36. The molecule has 1 fully saturated rings. The Morgan fingerprint density at radius 2 is 2.13 bits per heavy atom. The molecule has 0 unspecified atom stereocenters. The maximum atomic E-state index is 11.8. The van der Waals surface area contributed by atoms with Gasteiger partial charge in [-0.1, -0.05) is 23.2 Å². The molecule has 2 heterocycles. The highest BCUT2D eigenvalue weighted by Crippen LogP contribution is 2.26. The summed E-state index contributed by atoms with van der Waals surface area (Å²) in [7, 11) is 1.68. The summed E-state index contributed by atoms with van der Waals surface area (Å²) >= 11 is 11.6. The molecule has 0 atom stereocenters. The molecule has 1 amide bonds. The molecule has 4 nitrogen and oxygen atoms in total. The number of hydrogen-bond donors (Lipinski definition) is 1. The molecule has 6 heteroatoms. The predicted octanol–water partition coefficient (Wildman–Crippen LogP) is 1.15. The number of halogens is 2. The number of aliphatic hydroxyl groups excluding tert-OH is 1. The van der Waals surface area contributed by atoms with E-state index in [1.165, 1.54) is 10.6 Å². The number of nitrogens with zero attached hydrogens (tertiary/aromatic N) is 2. The molecule has 1 aromatic heterocycles. The number of carbonyl (C=O) groups excluding carboxylic acids is 1. The van der Waals surface area contributed by atoms with Gasteiger partial charge < -0.3 is 14.6 Å². The van der Waals surface area contributed by atoms with E-state index in [1.807, 2.05) is 0 Å². The summed E-state index contributed by atoms with van der Waals surface area (Å²) in [6, 6.07) is 1.54. The van der Waals surface area contributed by atoms with E-state index < -0.39 is 6.10 Å². The van der Waals surface area contributed by atoms with Gasteiger partial charge in [-0.05, 0) is 6.07 Å². The van der Waals surface area contributed by atoms with Crippen LogP contribution in [0.4, 0.5) is 0 Å². The summed E-state index contributed by atoms with van der Waals surface area (Å²) in [4.78, 5) is 13.4. The lowest BCUT2D eigenvalue weighted by Crippen LogP contribution is -2.53. The van der Waals surface area contributed by atoms with Crippen LogP contribution in [0.5, 0.6) is 0 Å². The summed E-state index contributed by atoms with van der Waals surface area (Å²) in [5.74, 6) is -0.156. The van der Waals surface area contributed by atoms with Gasteiger partial charge in [0.1, 0.15) is 10.8 Å². The molecule has 1 aliphatic rings. The van der Waals surface area contributed by atoms with Gasteiger partial charge in [-0.25, -0.2) is 0 Å². The van der Waals surface area contributed by atoms with Gasteiger partial charge in [0, 0.05) is 20.1 Å². The molecular formula is C9H10Cl2N2O2. The van der Waals surface area contributed by atoms with E-state index in [9.17, 15) is 4.79 Å². The number of amides is 1. The van der Waals surface area contributed by atoms with E-state index in [0.29, 0.717) is 29.0 Å². The molecule has 1 aliphatic heterocycles. The Bertz CT molecular complexity index is 410. The highest BCUT2D eigenvalue weighted by atomic mass is 35.5. The molecule has 15 heavy (non-hydrogen) atoms. The Hall–Kier alpha value is -0.710. The Morgan fingerprint density at radius 1 is 1.53 bits per heavy atom. The van der Waals surface area contributed by atoms with Gasteiger partial charge in [-0.15, -0.1) is 0 Å². The molecule has 0 radical (unpaired) electrons. The largest absolute Gasteiger partial charge is 0.389 e. The number of aromatic nitrogens is 1. The third-order valence-corrected chi connectivity index (χ3v) is 3.33. The van der Waals surface area contributed by atoms with Crippen molar-refractivity contribution in [2.75, 3.05) is 13.1 Å². The van der Waals surface area contributed by atoms with Gasteiger partial charge in [0.05, 0.1) is 11.1 Å². The van der Waals surface area contributed by atoms with Crippen LogP contribution in [0.1, 0.15) is 10.5 Å². The number of β-amino-alcohol motifs (C(OH)–C–C–N with tert-alkyl or cyclic N) is 1. The van der Waals surface area contributed by atoms with Gasteiger partial charge in [0.25, 0.3) is 5.91 Å². The second kappa shape index (κ2) is 3.70. The Balaban J connectivity index is 2.22. The quantitative estimate of drug-likeness (QED) is 0.811. The first-order valence-corrected chi connectivity index (χ1v) is 5.24. The summed E-state index contributed by atoms with van der Waals surface area (Å²) in [5, 5.41) is 9.80. The normalized spacial score (nSPS) is 16.7. The number of likely N-dealkylation sites (tertiary alicyclic amines) is 1. The van der Waals surface area contributed by atoms with E-state index in [0.717, 1.165) is 0 Å². The van der Waals surface area contributed by atoms with Crippen molar-refractivity contribution in [1.82, 2.24) is 9.47 Å². The predicted molar refractivity (Wildman–Crippen MR) is 57.3 cm³/mol. The van der Waals surface area contributed by atoms with Crippen LogP contribution >= 0.6 is 23.2 Å². The van der Waals surface area contributed by atoms with Crippen molar-refractivity contribution in [2.24, 2.45) is 7.05 Å². The summed E-state index contributed by atoms with van der Waals surface area (Å²) < 4.78 is 1.54. The van der Waals surface area contributed by atoms with Crippen LogP contribution in [0.3, 0.4) is 0 Å². The van der Waals surface area contributed by atoms with Crippen molar-refractivity contribution >= 4 is 29.1 Å². The summed E-state index contributed by atoms with van der Waals surface area (Å²) in [6.07, 6.45) is -0.403. The smallest absolute Gasteiger partial charge is 0.270 e. The average molecular weight is 249 g/mol. The van der Waals surface area contributed by atoms with E-state index in [4.69, 9.17) is 28.3 Å². The van der Waals surface area contributed by atoms with Crippen molar-refractivity contribution in [3.63, 3.8) is 0 Å². The third-order valence-electron chi connectivity index (χ3n) is 2.48. The first-order chi connectivity index (χ1) is 7.00. The van der Waals surface area contributed by atoms with E-state index in [1.54, 1.807) is 11.9 Å². The molecule has 0 saturated carbocycles. The molecule has 1 aromatic rings. The molecule has 0 spiro atoms. The van der Waals surface area contributed by atoms with Crippen LogP contribution in [0.2, 0.25) is 10.2 Å². The average Bonchev–Trinajstić information content (AvgIpc) is 2.40. The SMILES string of the molecule is Cn1c(C(=O)N2CC(O)C2)cc(Cl)c1Cl. The molecular weight excluding hydrogens is 239 g/mol. The van der Waals surface area contributed by atoms with Gasteiger partial charge in [-0.3, -0.25) is 4.79 Å². The van der Waals surface area contributed by atoms with Crippen LogP contribution in [0, 0.1) is 0 Å². The topological polar surface area (TPSA) is 45.5 Å². The zero-order chi connectivity index (χ0) is 11.2. The lowest BCUT2D eigenvalue weighted by atomic mass is 10.1. The van der Waals surface area contributed by atoms with Gasteiger partial charge in [0.2, 0.25) is 0 Å². The molecule has 1 N–H and O–H groups in total. The van der Waals surface area contributed by atoms with Crippen LogP contribution in [0.15, 0.2) is 6.07 Å². The minimum absolute atomic E-state index is 0.156. The minimum atomic E-state index is -0.403. The van der Waals surface area contributed by atoms with Crippen molar-refractivity contribution in [1.29, 1.82) is 0 Å². The monoisotopic (exact) mass is 248 g/mol. The fourth-order valence-electron chi connectivity index (χ4n) is 1.53. The van der Waals surface area contributed by atoms with Crippen molar-refractivity contribution < 1.29 is 9.90 Å². The first-order valence-electron chi connectivity index (χ1n) is 4.48. The number of aliphatic hydroxyl groups is 1. The zero-order valence-corrected chi connectivity index (χ0v) is 9.59. The Morgan fingerprint density at radius 3 is 2.53 bits per heavy atom. The van der Waals surface area contributed by atoms with Gasteiger partial charge >= 0.3 is 0 Å². The van der Waals surface area contributed by atoms with Gasteiger partial charge in [-0.2, -0.15) is 0 Å². The van der Waals surface area contributed by atoms with E-state index in [2.05, 4.69) is 0 Å². The van der Waals surface area contributed by atoms with Crippen LogP contribution < -0.4 is 0 Å². The van der Waals surface area contributed by atoms with E-state index >= 15 is 0 Å². The maximum absolute atomic E-state index is 11.8. The zero-order valence-electron chi connectivity index (χ0n) is 8.07. The minimum Gasteiger partial charge on any atom is -0.389 e. The Kier molecular flexibility index (Phi) is 2.66. The van der Waals surface area contributed by atoms with Crippen molar-refractivity contribution in [3.05, 3.63) is 21.9 Å². The molecule has 1 saturated heterocycles. The lowest BCUT2D eigenvalue weighted by Gasteiger charge is -2.35.